The molecule has 0 aromatic rings. The van der Waals surface area contributed by atoms with Gasteiger partial charge >= 0.3 is 5.97 Å². The van der Waals surface area contributed by atoms with Crippen molar-refractivity contribution in [2.45, 2.75) is 71.2 Å². The van der Waals surface area contributed by atoms with Gasteiger partial charge in [0, 0.05) is 13.0 Å². The Labute approximate surface area is 137 Å². The van der Waals surface area contributed by atoms with Crippen molar-refractivity contribution in [3.8, 4) is 0 Å². The molecule has 0 amide bonds. The summed E-state index contributed by atoms with van der Waals surface area (Å²) >= 11 is 0. The molecule has 6 heteroatoms. The van der Waals surface area contributed by atoms with Gasteiger partial charge in [-0.3, -0.25) is 9.59 Å². The predicted octanol–water partition coefficient (Wildman–Crippen LogP) is 2.43. The number of ether oxygens (including phenoxy) is 3. The molecule has 0 bridgehead atoms. The zero-order valence-corrected chi connectivity index (χ0v) is 14.1. The smallest absolute Gasteiger partial charge is 0.316 e. The molecule has 23 heavy (non-hydrogen) atoms. The number of hydrogen-bond donors (Lipinski definition) is 0. The summed E-state index contributed by atoms with van der Waals surface area (Å²) < 4.78 is 16.3. The number of carbonyl (C=O) groups excluding carboxylic acids is 3. The number of hydrogen-bond acceptors (Lipinski definition) is 6. The van der Waals surface area contributed by atoms with E-state index in [2.05, 4.69) is 0 Å². The van der Waals surface area contributed by atoms with E-state index in [1.54, 1.807) is 6.92 Å². The lowest BCUT2D eigenvalue weighted by Gasteiger charge is -2.27. The van der Waals surface area contributed by atoms with Crippen LogP contribution in [-0.4, -0.2) is 43.6 Å². The first-order valence-electron chi connectivity index (χ1n) is 8.46. The molecule has 1 saturated heterocycles. The van der Waals surface area contributed by atoms with Crippen LogP contribution in [0, 0.1) is 5.92 Å². The van der Waals surface area contributed by atoms with E-state index in [1.165, 1.54) is 6.92 Å². The summed E-state index contributed by atoms with van der Waals surface area (Å²) in [6, 6.07) is 0. The SMILES string of the molecule is CCOC(=O)C(CCCC(CC=O)OC1CCCCO1)C(C)=O. The molecule has 0 aromatic carbocycles. The standard InChI is InChI=1S/C17H28O6/c1-3-21-17(20)15(13(2)19)8-6-7-14(10-11-18)23-16-9-4-5-12-22-16/h11,14-16H,3-10,12H2,1-2H3. The van der Waals surface area contributed by atoms with Crippen LogP contribution in [-0.2, 0) is 28.6 Å². The molecule has 0 N–H and O–H groups in total. The van der Waals surface area contributed by atoms with Crippen LogP contribution in [0.3, 0.4) is 0 Å². The van der Waals surface area contributed by atoms with Crippen LogP contribution >= 0.6 is 0 Å². The van der Waals surface area contributed by atoms with E-state index >= 15 is 0 Å². The van der Waals surface area contributed by atoms with E-state index in [1.807, 2.05) is 0 Å². The number of ketones is 1. The quantitative estimate of drug-likeness (QED) is 0.329. The van der Waals surface area contributed by atoms with Crippen molar-refractivity contribution in [2.75, 3.05) is 13.2 Å². The maximum atomic E-state index is 11.8. The first-order chi connectivity index (χ1) is 11.1. The Morgan fingerprint density at radius 3 is 2.65 bits per heavy atom. The van der Waals surface area contributed by atoms with Crippen molar-refractivity contribution in [3.05, 3.63) is 0 Å². The predicted molar refractivity (Wildman–Crippen MR) is 83.8 cm³/mol. The zero-order valence-electron chi connectivity index (χ0n) is 14.1. The molecular weight excluding hydrogens is 300 g/mol. The number of rotatable bonds is 11. The molecule has 1 fully saturated rings. The molecule has 1 aliphatic rings. The lowest BCUT2D eigenvalue weighted by molar-refractivity contribution is -0.190. The fourth-order valence-electron chi connectivity index (χ4n) is 2.66. The molecule has 1 rings (SSSR count). The molecule has 1 heterocycles. The molecule has 0 aliphatic carbocycles. The van der Waals surface area contributed by atoms with Gasteiger partial charge in [-0.25, -0.2) is 0 Å². The van der Waals surface area contributed by atoms with Crippen molar-refractivity contribution in [1.82, 2.24) is 0 Å². The van der Waals surface area contributed by atoms with Crippen molar-refractivity contribution < 1.29 is 28.6 Å². The molecule has 3 atom stereocenters. The molecule has 6 nitrogen and oxygen atoms in total. The van der Waals surface area contributed by atoms with E-state index in [0.29, 0.717) is 32.3 Å². The molecule has 0 radical (unpaired) electrons. The summed E-state index contributed by atoms with van der Waals surface area (Å²) in [6.07, 6.45) is 5.24. The first kappa shape index (κ1) is 19.8. The van der Waals surface area contributed by atoms with Crippen LogP contribution in [0.5, 0.6) is 0 Å². The number of carbonyl (C=O) groups is 3. The van der Waals surface area contributed by atoms with E-state index in [9.17, 15) is 14.4 Å². The Morgan fingerprint density at radius 1 is 1.30 bits per heavy atom. The van der Waals surface area contributed by atoms with Crippen LogP contribution in [0.25, 0.3) is 0 Å². The maximum Gasteiger partial charge on any atom is 0.316 e. The van der Waals surface area contributed by atoms with Crippen molar-refractivity contribution in [1.29, 1.82) is 0 Å². The van der Waals surface area contributed by atoms with Gasteiger partial charge in [0.25, 0.3) is 0 Å². The summed E-state index contributed by atoms with van der Waals surface area (Å²) in [5.74, 6) is -1.38. The third-order valence-corrected chi connectivity index (χ3v) is 3.92. The minimum atomic E-state index is -0.724. The first-order valence-corrected chi connectivity index (χ1v) is 8.46. The Morgan fingerprint density at radius 2 is 2.09 bits per heavy atom. The van der Waals surface area contributed by atoms with Gasteiger partial charge in [0.05, 0.1) is 12.7 Å². The lowest BCUT2D eigenvalue weighted by atomic mass is 9.96. The lowest BCUT2D eigenvalue weighted by Crippen LogP contribution is -2.29. The van der Waals surface area contributed by atoms with Crippen LogP contribution < -0.4 is 0 Å². The topological polar surface area (TPSA) is 78.9 Å². The van der Waals surface area contributed by atoms with Gasteiger partial charge in [0.15, 0.2) is 6.29 Å². The van der Waals surface area contributed by atoms with Crippen LogP contribution in [0.2, 0.25) is 0 Å². The highest BCUT2D eigenvalue weighted by Crippen LogP contribution is 2.20. The fourth-order valence-corrected chi connectivity index (χ4v) is 2.66. The molecule has 0 aromatic heterocycles. The highest BCUT2D eigenvalue weighted by atomic mass is 16.7. The van der Waals surface area contributed by atoms with E-state index in [4.69, 9.17) is 14.2 Å². The maximum absolute atomic E-state index is 11.8. The second-order valence-corrected chi connectivity index (χ2v) is 5.80. The average molecular weight is 328 g/mol. The Balaban J connectivity index is 2.41. The van der Waals surface area contributed by atoms with Crippen LogP contribution in [0.1, 0.15) is 58.8 Å². The van der Waals surface area contributed by atoms with Gasteiger partial charge in [0.1, 0.15) is 18.0 Å². The molecule has 3 unspecified atom stereocenters. The third kappa shape index (κ3) is 7.70. The summed E-state index contributed by atoms with van der Waals surface area (Å²) in [5, 5.41) is 0. The minimum absolute atomic E-state index is 0.188. The van der Waals surface area contributed by atoms with Gasteiger partial charge in [-0.1, -0.05) is 0 Å². The van der Waals surface area contributed by atoms with Crippen molar-refractivity contribution >= 4 is 18.0 Å². The highest BCUT2D eigenvalue weighted by Gasteiger charge is 2.25. The molecule has 0 saturated carbocycles. The Kier molecular flexibility index (Phi) is 9.71. The van der Waals surface area contributed by atoms with E-state index in [0.717, 1.165) is 25.5 Å². The van der Waals surface area contributed by atoms with E-state index in [-0.39, 0.29) is 24.8 Å². The van der Waals surface area contributed by atoms with Gasteiger partial charge in [-0.15, -0.1) is 0 Å². The van der Waals surface area contributed by atoms with E-state index < -0.39 is 11.9 Å². The summed E-state index contributed by atoms with van der Waals surface area (Å²) in [4.78, 5) is 34.1. The largest absolute Gasteiger partial charge is 0.465 e. The third-order valence-electron chi connectivity index (χ3n) is 3.92. The monoisotopic (exact) mass is 328 g/mol. The second kappa shape index (κ2) is 11.3. The number of aldehydes is 1. The van der Waals surface area contributed by atoms with Crippen LogP contribution in [0.15, 0.2) is 0 Å². The summed E-state index contributed by atoms with van der Waals surface area (Å²) in [6.45, 7) is 4.07. The number of Topliss-reactive ketones (excluding diaryl/α,β-unsaturated/α-hetero) is 1. The molecule has 1 aliphatic heterocycles. The highest BCUT2D eigenvalue weighted by molar-refractivity contribution is 5.97. The van der Waals surface area contributed by atoms with Crippen LogP contribution in [0.4, 0.5) is 0 Å². The molecule has 132 valence electrons. The van der Waals surface area contributed by atoms with Gasteiger partial charge in [-0.05, 0) is 52.4 Å². The molecular formula is C17H28O6. The minimum Gasteiger partial charge on any atom is -0.465 e. The Bertz CT molecular complexity index is 375. The van der Waals surface area contributed by atoms with Gasteiger partial charge in [-0.2, -0.15) is 0 Å². The Hall–Kier alpha value is -1.27. The zero-order chi connectivity index (χ0) is 17.1. The van der Waals surface area contributed by atoms with Crippen molar-refractivity contribution in [3.63, 3.8) is 0 Å². The molecule has 0 spiro atoms. The fraction of sp³-hybridized carbons (Fsp3) is 0.824. The van der Waals surface area contributed by atoms with Gasteiger partial charge < -0.3 is 19.0 Å². The van der Waals surface area contributed by atoms with Crippen molar-refractivity contribution in [2.24, 2.45) is 5.92 Å². The second-order valence-electron chi connectivity index (χ2n) is 5.80. The number of esters is 1. The average Bonchev–Trinajstić information content (AvgIpc) is 2.52. The summed E-state index contributed by atoms with van der Waals surface area (Å²) in [5.41, 5.74) is 0. The normalized spacial score (nSPS) is 20.5. The summed E-state index contributed by atoms with van der Waals surface area (Å²) in [7, 11) is 0. The van der Waals surface area contributed by atoms with Gasteiger partial charge in [0.2, 0.25) is 0 Å².